The molecule has 1 atom stereocenters. The predicted molar refractivity (Wildman–Crippen MR) is 85.7 cm³/mol. The molecule has 2 aromatic rings. The Morgan fingerprint density at radius 1 is 1.22 bits per heavy atom. The normalized spacial score (nSPS) is 11.4. The number of rotatable bonds is 5. The molecular formula is C16H15ClN2O4. The second-order valence-corrected chi connectivity index (χ2v) is 5.02. The number of methoxy groups -OCH3 is 1. The summed E-state index contributed by atoms with van der Waals surface area (Å²) < 4.78 is 10.1. The van der Waals surface area contributed by atoms with Gasteiger partial charge >= 0.3 is 5.97 Å². The first kappa shape index (κ1) is 16.8. The van der Waals surface area contributed by atoms with E-state index < -0.39 is 18.0 Å². The minimum atomic E-state index is -0.962. The van der Waals surface area contributed by atoms with Crippen LogP contribution in [0.1, 0.15) is 17.3 Å². The standard InChI is InChI=1S/C16H15ClN2O4/c1-10(23-16(21)11-7-8-18-14(17)9-11)15(20)19-12-3-5-13(22-2)6-4-12/h3-10H,1-2H3,(H,19,20). The van der Waals surface area contributed by atoms with E-state index in [2.05, 4.69) is 10.3 Å². The molecule has 1 unspecified atom stereocenters. The summed E-state index contributed by atoms with van der Waals surface area (Å²) in [4.78, 5) is 27.8. The van der Waals surface area contributed by atoms with E-state index in [4.69, 9.17) is 21.1 Å². The number of halogens is 1. The zero-order valence-corrected chi connectivity index (χ0v) is 13.3. The van der Waals surface area contributed by atoms with E-state index in [0.717, 1.165) is 0 Å². The molecule has 1 aromatic heterocycles. The molecule has 120 valence electrons. The van der Waals surface area contributed by atoms with Crippen molar-refractivity contribution in [1.29, 1.82) is 0 Å². The van der Waals surface area contributed by atoms with Crippen LogP contribution in [0, 0.1) is 0 Å². The molecule has 2 rings (SSSR count). The smallest absolute Gasteiger partial charge is 0.339 e. The number of carbonyl (C=O) groups is 2. The zero-order valence-electron chi connectivity index (χ0n) is 12.6. The highest BCUT2D eigenvalue weighted by molar-refractivity contribution is 6.29. The highest BCUT2D eigenvalue weighted by Gasteiger charge is 2.19. The maximum atomic E-state index is 12.0. The zero-order chi connectivity index (χ0) is 16.8. The van der Waals surface area contributed by atoms with E-state index in [1.165, 1.54) is 25.3 Å². The van der Waals surface area contributed by atoms with E-state index in [-0.39, 0.29) is 10.7 Å². The third kappa shape index (κ3) is 4.69. The Morgan fingerprint density at radius 2 is 1.91 bits per heavy atom. The average molecular weight is 335 g/mol. The Morgan fingerprint density at radius 3 is 2.52 bits per heavy atom. The Bertz CT molecular complexity index is 703. The lowest BCUT2D eigenvalue weighted by atomic mass is 10.2. The number of ether oxygens (including phenoxy) is 2. The lowest BCUT2D eigenvalue weighted by Gasteiger charge is -2.13. The molecule has 1 amide bonds. The third-order valence-corrected chi connectivity index (χ3v) is 3.18. The van der Waals surface area contributed by atoms with E-state index in [9.17, 15) is 9.59 Å². The molecule has 0 saturated heterocycles. The highest BCUT2D eigenvalue weighted by atomic mass is 35.5. The van der Waals surface area contributed by atoms with E-state index in [1.54, 1.807) is 31.4 Å². The summed E-state index contributed by atoms with van der Waals surface area (Å²) in [5.74, 6) is -0.410. The summed E-state index contributed by atoms with van der Waals surface area (Å²) in [6, 6.07) is 9.64. The summed E-state index contributed by atoms with van der Waals surface area (Å²) in [6.45, 7) is 1.49. The number of nitrogens with one attached hydrogen (secondary N) is 1. The van der Waals surface area contributed by atoms with Crippen molar-refractivity contribution < 1.29 is 19.1 Å². The van der Waals surface area contributed by atoms with Gasteiger partial charge in [-0.05, 0) is 43.3 Å². The third-order valence-electron chi connectivity index (χ3n) is 2.97. The Balaban J connectivity index is 1.95. The fourth-order valence-electron chi connectivity index (χ4n) is 1.73. The molecule has 1 heterocycles. The molecule has 7 heteroatoms. The molecule has 0 spiro atoms. The second-order valence-electron chi connectivity index (χ2n) is 4.63. The molecule has 1 N–H and O–H groups in total. The van der Waals surface area contributed by atoms with Crippen molar-refractivity contribution in [2.75, 3.05) is 12.4 Å². The van der Waals surface area contributed by atoms with Gasteiger partial charge in [0.15, 0.2) is 6.10 Å². The van der Waals surface area contributed by atoms with Crippen LogP contribution in [-0.4, -0.2) is 30.1 Å². The quantitative estimate of drug-likeness (QED) is 0.672. The first-order valence-electron chi connectivity index (χ1n) is 6.77. The van der Waals surface area contributed by atoms with Crippen LogP contribution in [0.25, 0.3) is 0 Å². The van der Waals surface area contributed by atoms with Gasteiger partial charge in [-0.3, -0.25) is 4.79 Å². The summed E-state index contributed by atoms with van der Waals surface area (Å²) in [5, 5.41) is 2.83. The van der Waals surface area contributed by atoms with Crippen LogP contribution in [-0.2, 0) is 9.53 Å². The molecular weight excluding hydrogens is 320 g/mol. The second kappa shape index (κ2) is 7.60. The largest absolute Gasteiger partial charge is 0.497 e. The van der Waals surface area contributed by atoms with Crippen molar-refractivity contribution in [2.24, 2.45) is 0 Å². The molecule has 23 heavy (non-hydrogen) atoms. The summed E-state index contributed by atoms with van der Waals surface area (Å²) in [7, 11) is 1.56. The number of hydrogen-bond acceptors (Lipinski definition) is 5. The van der Waals surface area contributed by atoms with Crippen molar-refractivity contribution in [3.63, 3.8) is 0 Å². The lowest BCUT2D eigenvalue weighted by Crippen LogP contribution is -2.30. The number of esters is 1. The minimum absolute atomic E-state index is 0.176. The van der Waals surface area contributed by atoms with Gasteiger partial charge in [0.1, 0.15) is 10.9 Å². The van der Waals surface area contributed by atoms with Gasteiger partial charge in [-0.1, -0.05) is 11.6 Å². The highest BCUT2D eigenvalue weighted by Crippen LogP contribution is 2.16. The molecule has 0 aliphatic heterocycles. The van der Waals surface area contributed by atoms with Crippen molar-refractivity contribution in [3.05, 3.63) is 53.3 Å². The molecule has 0 aliphatic carbocycles. The Kier molecular flexibility index (Phi) is 5.54. The van der Waals surface area contributed by atoms with Gasteiger partial charge in [-0.25, -0.2) is 9.78 Å². The van der Waals surface area contributed by atoms with Crippen molar-refractivity contribution in [3.8, 4) is 5.75 Å². The Hall–Kier alpha value is -2.60. The van der Waals surface area contributed by atoms with Crippen molar-refractivity contribution in [1.82, 2.24) is 4.98 Å². The molecule has 6 nitrogen and oxygen atoms in total. The molecule has 0 saturated carbocycles. The van der Waals surface area contributed by atoms with E-state index in [0.29, 0.717) is 11.4 Å². The van der Waals surface area contributed by atoms with Crippen molar-refractivity contribution >= 4 is 29.2 Å². The summed E-state index contributed by atoms with van der Waals surface area (Å²) in [6.07, 6.45) is 0.428. The topological polar surface area (TPSA) is 77.5 Å². The number of anilines is 1. The fraction of sp³-hybridized carbons (Fsp3) is 0.188. The fourth-order valence-corrected chi connectivity index (χ4v) is 1.90. The number of aromatic nitrogens is 1. The van der Waals surface area contributed by atoms with Gasteiger partial charge < -0.3 is 14.8 Å². The predicted octanol–water partition coefficient (Wildman–Crippen LogP) is 2.93. The van der Waals surface area contributed by atoms with Gasteiger partial charge in [-0.2, -0.15) is 0 Å². The average Bonchev–Trinajstić information content (AvgIpc) is 2.55. The maximum absolute atomic E-state index is 12.0. The molecule has 0 radical (unpaired) electrons. The van der Waals surface area contributed by atoms with Crippen LogP contribution in [0.3, 0.4) is 0 Å². The lowest BCUT2D eigenvalue weighted by molar-refractivity contribution is -0.123. The first-order chi connectivity index (χ1) is 11.0. The van der Waals surface area contributed by atoms with Crippen LogP contribution in [0.2, 0.25) is 5.15 Å². The van der Waals surface area contributed by atoms with Gasteiger partial charge in [0.25, 0.3) is 5.91 Å². The number of carbonyl (C=O) groups excluding carboxylic acids is 2. The van der Waals surface area contributed by atoms with Gasteiger partial charge in [0.2, 0.25) is 0 Å². The summed E-state index contributed by atoms with van der Waals surface area (Å²) in [5.41, 5.74) is 0.805. The van der Waals surface area contributed by atoms with Crippen LogP contribution in [0.4, 0.5) is 5.69 Å². The molecule has 0 bridgehead atoms. The van der Waals surface area contributed by atoms with E-state index in [1.807, 2.05) is 0 Å². The SMILES string of the molecule is COc1ccc(NC(=O)C(C)OC(=O)c2ccnc(Cl)c2)cc1. The summed E-state index contributed by atoms with van der Waals surface area (Å²) >= 11 is 5.71. The van der Waals surface area contributed by atoms with Crippen molar-refractivity contribution in [2.45, 2.75) is 13.0 Å². The number of hydrogen-bond donors (Lipinski definition) is 1. The van der Waals surface area contributed by atoms with Crippen LogP contribution >= 0.6 is 11.6 Å². The number of nitrogens with zero attached hydrogens (tertiary/aromatic N) is 1. The van der Waals surface area contributed by atoms with Gasteiger partial charge in [-0.15, -0.1) is 0 Å². The Labute approximate surface area is 138 Å². The van der Waals surface area contributed by atoms with Crippen LogP contribution in [0.15, 0.2) is 42.6 Å². The minimum Gasteiger partial charge on any atom is -0.497 e. The maximum Gasteiger partial charge on any atom is 0.339 e. The van der Waals surface area contributed by atoms with Crippen LogP contribution in [0.5, 0.6) is 5.75 Å². The monoisotopic (exact) mass is 334 g/mol. The molecule has 0 aliphatic rings. The van der Waals surface area contributed by atoms with Crippen LogP contribution < -0.4 is 10.1 Å². The first-order valence-corrected chi connectivity index (χ1v) is 7.15. The van der Waals surface area contributed by atoms with Gasteiger partial charge in [0, 0.05) is 11.9 Å². The number of pyridine rings is 1. The van der Waals surface area contributed by atoms with Gasteiger partial charge in [0.05, 0.1) is 12.7 Å². The number of amides is 1. The molecule has 0 fully saturated rings. The number of benzene rings is 1. The molecule has 1 aromatic carbocycles. The van der Waals surface area contributed by atoms with E-state index >= 15 is 0 Å².